The quantitative estimate of drug-likeness (QED) is 0.899. The highest BCUT2D eigenvalue weighted by Crippen LogP contribution is 2.43. The van der Waals surface area contributed by atoms with E-state index in [2.05, 4.69) is 43.9 Å². The fourth-order valence-electron chi connectivity index (χ4n) is 3.60. The number of ether oxygens (including phenoxy) is 1. The number of nitrogens with one attached hydrogen (secondary N) is 1. The molecule has 1 saturated carbocycles. The summed E-state index contributed by atoms with van der Waals surface area (Å²) in [5.41, 5.74) is 1.21. The van der Waals surface area contributed by atoms with Crippen LogP contribution in [0.2, 0.25) is 0 Å². The highest BCUT2D eigenvalue weighted by molar-refractivity contribution is 5.12. The van der Waals surface area contributed by atoms with Crippen LogP contribution in [0.3, 0.4) is 0 Å². The van der Waals surface area contributed by atoms with E-state index in [1.54, 1.807) is 0 Å². The third-order valence-corrected chi connectivity index (χ3v) is 4.30. The van der Waals surface area contributed by atoms with Gasteiger partial charge >= 0.3 is 0 Å². The lowest BCUT2D eigenvalue weighted by atomic mass is 9.79. The van der Waals surface area contributed by atoms with Crippen molar-refractivity contribution in [2.75, 3.05) is 0 Å². The first-order chi connectivity index (χ1) is 8.83. The molecule has 0 bridgehead atoms. The molecule has 0 unspecified atom stereocenters. The number of rotatable bonds is 3. The van der Waals surface area contributed by atoms with E-state index >= 15 is 0 Å². The van der Waals surface area contributed by atoms with Gasteiger partial charge in [0.1, 0.15) is 5.82 Å². The van der Waals surface area contributed by atoms with Gasteiger partial charge in [0, 0.05) is 24.2 Å². The highest BCUT2D eigenvalue weighted by atomic mass is 16.5. The zero-order valence-electron chi connectivity index (χ0n) is 12.6. The molecule has 1 saturated heterocycles. The summed E-state index contributed by atoms with van der Waals surface area (Å²) in [6, 6.07) is 0. The van der Waals surface area contributed by atoms with E-state index in [0.717, 1.165) is 25.2 Å². The Morgan fingerprint density at radius 2 is 1.84 bits per heavy atom. The molecule has 2 aliphatic rings. The predicted octanol–water partition coefficient (Wildman–Crippen LogP) is 3.81. The normalized spacial score (nSPS) is 26.5. The van der Waals surface area contributed by atoms with Crippen molar-refractivity contribution in [3.05, 3.63) is 17.7 Å². The summed E-state index contributed by atoms with van der Waals surface area (Å²) in [6.07, 6.45) is 8.10. The van der Waals surface area contributed by atoms with E-state index in [9.17, 15) is 0 Å². The Balaban J connectivity index is 1.74. The molecule has 1 aliphatic heterocycles. The number of hydrogen-bond donors (Lipinski definition) is 1. The maximum Gasteiger partial charge on any atom is 0.106 e. The first-order valence-corrected chi connectivity index (χ1v) is 7.57. The Bertz CT molecular complexity index is 441. The van der Waals surface area contributed by atoms with Crippen LogP contribution in [0.15, 0.2) is 6.20 Å². The summed E-state index contributed by atoms with van der Waals surface area (Å²) < 4.78 is 6.16. The van der Waals surface area contributed by atoms with Crippen molar-refractivity contribution >= 4 is 0 Å². The number of hydrogen-bond acceptors (Lipinski definition) is 2. The minimum atomic E-state index is -0.0474. The summed E-state index contributed by atoms with van der Waals surface area (Å²) in [6.45, 7) is 8.79. The van der Waals surface area contributed by atoms with E-state index in [1.165, 1.54) is 24.4 Å². The number of imidazole rings is 1. The summed E-state index contributed by atoms with van der Waals surface area (Å²) >= 11 is 0. The molecule has 3 nitrogen and oxygen atoms in total. The molecule has 1 aromatic heterocycles. The smallest absolute Gasteiger partial charge is 0.106 e. The molecular weight excluding hydrogens is 236 g/mol. The SMILES string of the molecule is CC1(C)CC(c2cnc(CC3CC3)[nH]2)CC(C)(C)O1. The van der Waals surface area contributed by atoms with Crippen molar-refractivity contribution in [3.63, 3.8) is 0 Å². The fraction of sp³-hybridized carbons (Fsp3) is 0.812. The largest absolute Gasteiger partial charge is 0.370 e. The molecule has 0 atom stereocenters. The minimum Gasteiger partial charge on any atom is -0.370 e. The van der Waals surface area contributed by atoms with Crippen molar-refractivity contribution in [2.45, 2.75) is 76.9 Å². The van der Waals surface area contributed by atoms with Crippen LogP contribution in [0.4, 0.5) is 0 Å². The van der Waals surface area contributed by atoms with Gasteiger partial charge in [0.15, 0.2) is 0 Å². The van der Waals surface area contributed by atoms with Crippen LogP contribution in [0.25, 0.3) is 0 Å². The van der Waals surface area contributed by atoms with Crippen LogP contribution < -0.4 is 0 Å². The molecule has 3 rings (SSSR count). The van der Waals surface area contributed by atoms with E-state index in [-0.39, 0.29) is 11.2 Å². The fourth-order valence-corrected chi connectivity index (χ4v) is 3.60. The van der Waals surface area contributed by atoms with Crippen LogP contribution in [-0.4, -0.2) is 21.2 Å². The lowest BCUT2D eigenvalue weighted by Gasteiger charge is -2.45. The van der Waals surface area contributed by atoms with E-state index in [1.807, 2.05) is 0 Å². The number of nitrogens with zero attached hydrogens (tertiary/aromatic N) is 1. The van der Waals surface area contributed by atoms with Crippen LogP contribution >= 0.6 is 0 Å². The summed E-state index contributed by atoms with van der Waals surface area (Å²) in [5, 5.41) is 0. The molecule has 1 N–H and O–H groups in total. The second-order valence-corrected chi connectivity index (χ2v) is 7.66. The van der Waals surface area contributed by atoms with Gasteiger partial charge in [-0.05, 0) is 59.3 Å². The Kier molecular flexibility index (Phi) is 3.01. The van der Waals surface area contributed by atoms with Gasteiger partial charge in [-0.3, -0.25) is 0 Å². The molecule has 1 aliphatic carbocycles. The van der Waals surface area contributed by atoms with Gasteiger partial charge in [0.2, 0.25) is 0 Å². The minimum absolute atomic E-state index is 0.0474. The van der Waals surface area contributed by atoms with Gasteiger partial charge in [-0.25, -0.2) is 4.98 Å². The van der Waals surface area contributed by atoms with E-state index in [4.69, 9.17) is 4.74 Å². The third kappa shape index (κ3) is 3.19. The van der Waals surface area contributed by atoms with Gasteiger partial charge < -0.3 is 9.72 Å². The molecule has 0 spiro atoms. The Hall–Kier alpha value is -0.830. The molecule has 0 radical (unpaired) electrons. The Labute approximate surface area is 116 Å². The molecule has 19 heavy (non-hydrogen) atoms. The summed E-state index contributed by atoms with van der Waals surface area (Å²) in [5.74, 6) is 2.61. The van der Waals surface area contributed by atoms with Gasteiger partial charge in [-0.15, -0.1) is 0 Å². The maximum absolute atomic E-state index is 6.16. The average molecular weight is 262 g/mol. The molecule has 2 fully saturated rings. The van der Waals surface area contributed by atoms with Crippen LogP contribution in [-0.2, 0) is 11.2 Å². The molecule has 0 aromatic carbocycles. The number of aromatic nitrogens is 2. The summed E-state index contributed by atoms with van der Waals surface area (Å²) in [7, 11) is 0. The molecule has 3 heteroatoms. The molecule has 2 heterocycles. The van der Waals surface area contributed by atoms with Crippen molar-refractivity contribution in [1.82, 2.24) is 9.97 Å². The average Bonchev–Trinajstić information content (AvgIpc) is 2.89. The Morgan fingerprint density at radius 1 is 1.21 bits per heavy atom. The molecule has 106 valence electrons. The molecular formula is C16H26N2O. The first-order valence-electron chi connectivity index (χ1n) is 7.57. The van der Waals surface area contributed by atoms with E-state index < -0.39 is 0 Å². The summed E-state index contributed by atoms with van der Waals surface area (Å²) in [4.78, 5) is 8.13. The first kappa shape index (κ1) is 13.2. The van der Waals surface area contributed by atoms with Crippen molar-refractivity contribution in [2.24, 2.45) is 5.92 Å². The topological polar surface area (TPSA) is 37.9 Å². The van der Waals surface area contributed by atoms with Gasteiger partial charge in [0.05, 0.1) is 11.2 Å². The monoisotopic (exact) mass is 262 g/mol. The van der Waals surface area contributed by atoms with Crippen molar-refractivity contribution < 1.29 is 4.74 Å². The predicted molar refractivity (Wildman–Crippen MR) is 76.2 cm³/mol. The highest BCUT2D eigenvalue weighted by Gasteiger charge is 2.40. The van der Waals surface area contributed by atoms with Crippen LogP contribution in [0, 0.1) is 5.92 Å². The van der Waals surface area contributed by atoms with Crippen molar-refractivity contribution in [3.8, 4) is 0 Å². The maximum atomic E-state index is 6.16. The van der Waals surface area contributed by atoms with Gasteiger partial charge in [-0.1, -0.05) is 0 Å². The molecule has 1 aromatic rings. The van der Waals surface area contributed by atoms with E-state index in [0.29, 0.717) is 5.92 Å². The van der Waals surface area contributed by atoms with Crippen LogP contribution in [0.5, 0.6) is 0 Å². The van der Waals surface area contributed by atoms with Crippen molar-refractivity contribution in [1.29, 1.82) is 0 Å². The number of H-pyrrole nitrogens is 1. The van der Waals surface area contributed by atoms with Gasteiger partial charge in [0.25, 0.3) is 0 Å². The molecule has 0 amide bonds. The second kappa shape index (κ2) is 4.34. The third-order valence-electron chi connectivity index (χ3n) is 4.30. The zero-order chi connectivity index (χ0) is 13.7. The van der Waals surface area contributed by atoms with Gasteiger partial charge in [-0.2, -0.15) is 0 Å². The Morgan fingerprint density at radius 3 is 2.42 bits per heavy atom. The van der Waals surface area contributed by atoms with Crippen LogP contribution in [0.1, 0.15) is 70.8 Å². The lowest BCUT2D eigenvalue weighted by Crippen LogP contribution is -2.44. The zero-order valence-corrected chi connectivity index (χ0v) is 12.6. The standard InChI is InChI=1S/C16H26N2O/c1-15(2)8-12(9-16(3,4)19-15)13-10-17-14(18-13)7-11-5-6-11/h10-12H,5-9H2,1-4H3,(H,17,18). The number of aromatic amines is 1. The lowest BCUT2D eigenvalue weighted by molar-refractivity contribution is -0.162. The second-order valence-electron chi connectivity index (χ2n) is 7.66.